The predicted octanol–water partition coefficient (Wildman–Crippen LogP) is 1.18. The summed E-state index contributed by atoms with van der Waals surface area (Å²) in [5.74, 6) is 0.629. The number of aromatic nitrogens is 4. The van der Waals surface area contributed by atoms with E-state index in [1.165, 1.54) is 4.57 Å². The number of aryl methyl sites for hydroxylation is 2. The summed E-state index contributed by atoms with van der Waals surface area (Å²) in [4.78, 5) is 31.8. The Kier molecular flexibility index (Phi) is 3.42. The van der Waals surface area contributed by atoms with Gasteiger partial charge in [-0.3, -0.25) is 13.9 Å². The molecule has 2 rings (SSSR count). The van der Waals surface area contributed by atoms with E-state index in [0.29, 0.717) is 23.5 Å². The van der Waals surface area contributed by atoms with Crippen molar-refractivity contribution in [1.29, 1.82) is 0 Å². The van der Waals surface area contributed by atoms with Gasteiger partial charge in [-0.15, -0.1) is 0 Å². The topological polar surface area (TPSA) is 72.7 Å². The number of hydrogen-bond donors (Lipinski definition) is 1. The lowest BCUT2D eigenvalue weighted by molar-refractivity contribution is 0.587. The fraction of sp³-hybridized carbons (Fsp3) is 0.462. The number of nitrogens with zero attached hydrogens (tertiary/aromatic N) is 3. The van der Waals surface area contributed by atoms with Crippen LogP contribution in [0.2, 0.25) is 0 Å². The first-order valence-electron chi connectivity index (χ1n) is 6.30. The third-order valence-corrected chi connectivity index (χ3v) is 2.85. The van der Waals surface area contributed by atoms with Crippen LogP contribution < -0.4 is 11.2 Å². The number of nitrogens with one attached hydrogen (secondary N) is 1. The maximum Gasteiger partial charge on any atom is 0.333 e. The molecule has 0 saturated carbocycles. The Labute approximate surface area is 110 Å². The van der Waals surface area contributed by atoms with Gasteiger partial charge >= 0.3 is 5.69 Å². The Bertz CT molecular complexity index is 748. The summed E-state index contributed by atoms with van der Waals surface area (Å²) < 4.78 is 2.75. The van der Waals surface area contributed by atoms with Gasteiger partial charge in [0.15, 0.2) is 5.65 Å². The number of rotatable bonds is 4. The first-order chi connectivity index (χ1) is 8.95. The Hall–Kier alpha value is -2.11. The average molecular weight is 262 g/mol. The minimum absolute atomic E-state index is 0.232. The van der Waals surface area contributed by atoms with Crippen LogP contribution in [0.15, 0.2) is 21.7 Å². The number of aromatic amines is 1. The smallest absolute Gasteiger partial charge is 0.333 e. The second-order valence-corrected chi connectivity index (χ2v) is 4.80. The minimum atomic E-state index is -0.337. The molecule has 0 aliphatic carbocycles. The molecule has 0 bridgehead atoms. The van der Waals surface area contributed by atoms with Crippen molar-refractivity contribution < 1.29 is 0 Å². The predicted molar refractivity (Wildman–Crippen MR) is 74.5 cm³/mol. The van der Waals surface area contributed by atoms with E-state index >= 15 is 0 Å². The Morgan fingerprint density at radius 2 is 2.05 bits per heavy atom. The van der Waals surface area contributed by atoms with Crippen molar-refractivity contribution in [1.82, 2.24) is 19.1 Å². The number of imidazole rings is 1. The van der Waals surface area contributed by atoms with Crippen molar-refractivity contribution in [2.24, 2.45) is 0 Å². The zero-order chi connectivity index (χ0) is 14.2. The van der Waals surface area contributed by atoms with Crippen LogP contribution in [0.1, 0.15) is 26.1 Å². The van der Waals surface area contributed by atoms with Crippen molar-refractivity contribution >= 4 is 11.2 Å². The molecule has 0 atom stereocenters. The summed E-state index contributed by atoms with van der Waals surface area (Å²) >= 11 is 0. The van der Waals surface area contributed by atoms with Gasteiger partial charge in [-0.1, -0.05) is 19.1 Å². The molecule has 0 amide bonds. The number of fused-ring (bicyclic) bond motifs is 1. The molecule has 2 aromatic rings. The van der Waals surface area contributed by atoms with Crippen LogP contribution in [0.25, 0.3) is 11.2 Å². The van der Waals surface area contributed by atoms with Crippen molar-refractivity contribution in [3.05, 3.63) is 38.8 Å². The molecule has 0 saturated heterocycles. The van der Waals surface area contributed by atoms with Gasteiger partial charge in [0, 0.05) is 6.54 Å². The van der Waals surface area contributed by atoms with Crippen molar-refractivity contribution in [2.75, 3.05) is 0 Å². The highest BCUT2D eigenvalue weighted by molar-refractivity contribution is 5.69. The van der Waals surface area contributed by atoms with Gasteiger partial charge in [0.2, 0.25) is 0 Å². The van der Waals surface area contributed by atoms with Gasteiger partial charge in [0.1, 0.15) is 11.3 Å². The van der Waals surface area contributed by atoms with E-state index in [-0.39, 0.29) is 17.8 Å². The first-order valence-corrected chi connectivity index (χ1v) is 6.30. The quantitative estimate of drug-likeness (QED) is 0.841. The Morgan fingerprint density at radius 1 is 1.37 bits per heavy atom. The Balaban J connectivity index is 2.86. The highest BCUT2D eigenvalue weighted by atomic mass is 16.2. The first kappa shape index (κ1) is 13.3. The summed E-state index contributed by atoms with van der Waals surface area (Å²) in [7, 11) is 0. The van der Waals surface area contributed by atoms with Gasteiger partial charge in [0.05, 0.1) is 6.54 Å². The van der Waals surface area contributed by atoms with Gasteiger partial charge in [-0.2, -0.15) is 0 Å². The maximum absolute atomic E-state index is 12.4. The molecule has 2 aromatic heterocycles. The lowest BCUT2D eigenvalue weighted by atomic mass is 10.3. The monoisotopic (exact) mass is 262 g/mol. The van der Waals surface area contributed by atoms with E-state index in [9.17, 15) is 9.59 Å². The normalized spacial score (nSPS) is 11.1. The molecule has 1 N–H and O–H groups in total. The molecular weight excluding hydrogens is 244 g/mol. The SMILES string of the molecule is C=C(C)Cn1c(=O)c2[nH]c(C)nc2n(CCC)c1=O. The summed E-state index contributed by atoms with van der Waals surface area (Å²) in [6, 6.07) is 0. The highest BCUT2D eigenvalue weighted by Gasteiger charge is 2.15. The van der Waals surface area contributed by atoms with Crippen molar-refractivity contribution in [2.45, 2.75) is 40.3 Å². The van der Waals surface area contributed by atoms with Gasteiger partial charge in [-0.25, -0.2) is 9.78 Å². The van der Waals surface area contributed by atoms with Crippen LogP contribution >= 0.6 is 0 Å². The molecule has 0 unspecified atom stereocenters. The van der Waals surface area contributed by atoms with Gasteiger partial charge in [0.25, 0.3) is 5.56 Å². The molecule has 6 nitrogen and oxygen atoms in total. The Morgan fingerprint density at radius 3 is 2.63 bits per heavy atom. The number of H-pyrrole nitrogens is 1. The van der Waals surface area contributed by atoms with Crippen LogP contribution in [0.5, 0.6) is 0 Å². The summed E-state index contributed by atoms with van der Waals surface area (Å²) in [5, 5.41) is 0. The van der Waals surface area contributed by atoms with E-state index in [4.69, 9.17) is 0 Å². The molecule has 0 spiro atoms. The molecule has 0 aliphatic rings. The molecule has 6 heteroatoms. The lowest BCUT2D eigenvalue weighted by Crippen LogP contribution is -2.40. The number of allylic oxidation sites excluding steroid dienone is 1. The fourth-order valence-corrected chi connectivity index (χ4v) is 2.12. The highest BCUT2D eigenvalue weighted by Crippen LogP contribution is 2.06. The number of hydrogen-bond acceptors (Lipinski definition) is 3. The summed E-state index contributed by atoms with van der Waals surface area (Å²) in [6.07, 6.45) is 0.798. The van der Waals surface area contributed by atoms with Gasteiger partial charge < -0.3 is 4.98 Å². The lowest BCUT2D eigenvalue weighted by Gasteiger charge is -2.10. The molecule has 102 valence electrons. The van der Waals surface area contributed by atoms with E-state index in [1.54, 1.807) is 18.4 Å². The molecule has 0 radical (unpaired) electrons. The second-order valence-electron chi connectivity index (χ2n) is 4.80. The van der Waals surface area contributed by atoms with Crippen LogP contribution in [-0.2, 0) is 13.1 Å². The molecule has 0 fully saturated rings. The standard InChI is InChI=1S/C13H18N4O2/c1-5-6-16-11-10(14-9(4)15-11)12(18)17(13(16)19)7-8(2)3/h2,5-7H2,1,3-4H3,(H,14,15). The van der Waals surface area contributed by atoms with Crippen LogP contribution in [-0.4, -0.2) is 19.1 Å². The maximum atomic E-state index is 12.4. The third-order valence-electron chi connectivity index (χ3n) is 2.85. The molecule has 19 heavy (non-hydrogen) atoms. The zero-order valence-electron chi connectivity index (χ0n) is 11.5. The van der Waals surface area contributed by atoms with E-state index < -0.39 is 0 Å². The van der Waals surface area contributed by atoms with E-state index in [0.717, 1.165) is 12.0 Å². The van der Waals surface area contributed by atoms with E-state index in [2.05, 4.69) is 16.5 Å². The van der Waals surface area contributed by atoms with Crippen molar-refractivity contribution in [3.63, 3.8) is 0 Å². The summed E-state index contributed by atoms with van der Waals surface area (Å²) in [6.45, 7) is 10.1. The molecule has 2 heterocycles. The average Bonchev–Trinajstić information content (AvgIpc) is 2.72. The van der Waals surface area contributed by atoms with Crippen LogP contribution in [0.4, 0.5) is 0 Å². The third kappa shape index (κ3) is 2.25. The van der Waals surface area contributed by atoms with Gasteiger partial charge in [-0.05, 0) is 20.3 Å². The minimum Gasteiger partial charge on any atom is -0.336 e. The summed E-state index contributed by atoms with van der Waals surface area (Å²) in [5.41, 5.74) is 0.918. The zero-order valence-corrected chi connectivity index (χ0v) is 11.5. The fourth-order valence-electron chi connectivity index (χ4n) is 2.12. The van der Waals surface area contributed by atoms with Crippen molar-refractivity contribution in [3.8, 4) is 0 Å². The van der Waals surface area contributed by atoms with E-state index in [1.807, 2.05) is 6.92 Å². The largest absolute Gasteiger partial charge is 0.336 e. The van der Waals surface area contributed by atoms with Crippen LogP contribution in [0.3, 0.4) is 0 Å². The van der Waals surface area contributed by atoms with Crippen LogP contribution in [0, 0.1) is 6.92 Å². The molecular formula is C13H18N4O2. The molecule has 0 aliphatic heterocycles. The molecule has 0 aromatic carbocycles. The second kappa shape index (κ2) is 4.87.